The summed E-state index contributed by atoms with van der Waals surface area (Å²) in [6.45, 7) is 0. The number of pyridine rings is 1. The molecule has 1 aromatic carbocycles. The number of hydrogen-bond acceptors (Lipinski definition) is 2. The highest BCUT2D eigenvalue weighted by Crippen LogP contribution is 2.21. The fourth-order valence-corrected chi connectivity index (χ4v) is 2.16. The first kappa shape index (κ1) is 13.2. The van der Waals surface area contributed by atoms with Gasteiger partial charge in [-0.3, -0.25) is 4.98 Å². The predicted molar refractivity (Wildman–Crippen MR) is 73.8 cm³/mol. The van der Waals surface area contributed by atoms with Crippen LogP contribution in [-0.2, 0) is 6.42 Å². The van der Waals surface area contributed by atoms with E-state index in [1.807, 2.05) is 31.3 Å². The first-order chi connectivity index (χ1) is 8.70. The Balaban J connectivity index is 2.20. The van der Waals surface area contributed by atoms with E-state index in [2.05, 4.69) is 26.2 Å². The summed E-state index contributed by atoms with van der Waals surface area (Å²) in [6.07, 6.45) is 3.61. The Hall–Kier alpha value is -1.26. The molecule has 2 aromatic rings. The molecule has 0 bridgehead atoms. The number of nitrogens with one attached hydrogen (secondary N) is 1. The summed E-state index contributed by atoms with van der Waals surface area (Å²) >= 11 is 3.40. The fraction of sp³-hybridized carbons (Fsp3) is 0.214. The van der Waals surface area contributed by atoms with Gasteiger partial charge >= 0.3 is 0 Å². The molecule has 0 saturated heterocycles. The molecule has 0 aliphatic carbocycles. The summed E-state index contributed by atoms with van der Waals surface area (Å²) in [5, 5.41) is 3.14. The standard InChI is InChI=1S/C14H14BrFN2/c1-17-14(12-6-7-18-9-13(12)16)8-10-2-4-11(15)5-3-10/h2-7,9,14,17H,8H2,1H3. The Kier molecular flexibility index (Phi) is 4.44. The minimum atomic E-state index is -0.269. The lowest BCUT2D eigenvalue weighted by Gasteiger charge is -2.17. The van der Waals surface area contributed by atoms with Crippen LogP contribution in [0.5, 0.6) is 0 Å². The molecular formula is C14H14BrFN2. The molecule has 0 radical (unpaired) electrons. The van der Waals surface area contributed by atoms with Gasteiger partial charge in [-0.25, -0.2) is 4.39 Å². The molecule has 18 heavy (non-hydrogen) atoms. The molecule has 2 nitrogen and oxygen atoms in total. The largest absolute Gasteiger partial charge is 0.313 e. The number of nitrogens with zero attached hydrogens (tertiary/aromatic N) is 1. The van der Waals surface area contributed by atoms with Crippen LogP contribution in [0.1, 0.15) is 17.2 Å². The Morgan fingerprint density at radius 3 is 2.61 bits per heavy atom. The highest BCUT2D eigenvalue weighted by atomic mass is 79.9. The van der Waals surface area contributed by atoms with Crippen molar-refractivity contribution in [1.82, 2.24) is 10.3 Å². The summed E-state index contributed by atoms with van der Waals surface area (Å²) in [7, 11) is 1.84. The van der Waals surface area contributed by atoms with Crippen molar-refractivity contribution in [3.05, 3.63) is 64.1 Å². The van der Waals surface area contributed by atoms with E-state index < -0.39 is 0 Å². The van der Waals surface area contributed by atoms with Gasteiger partial charge in [0, 0.05) is 22.3 Å². The molecule has 0 aliphatic rings. The van der Waals surface area contributed by atoms with Crippen LogP contribution >= 0.6 is 15.9 Å². The van der Waals surface area contributed by atoms with Gasteiger partial charge in [0.05, 0.1) is 6.20 Å². The lowest BCUT2D eigenvalue weighted by molar-refractivity contribution is 0.530. The second-order valence-electron chi connectivity index (χ2n) is 4.07. The molecule has 2 rings (SSSR count). The monoisotopic (exact) mass is 308 g/mol. The van der Waals surface area contributed by atoms with Gasteiger partial charge in [-0.15, -0.1) is 0 Å². The highest BCUT2D eigenvalue weighted by Gasteiger charge is 2.14. The van der Waals surface area contributed by atoms with Crippen molar-refractivity contribution in [3.63, 3.8) is 0 Å². The van der Waals surface area contributed by atoms with Crippen molar-refractivity contribution in [3.8, 4) is 0 Å². The molecule has 1 N–H and O–H groups in total. The van der Waals surface area contributed by atoms with Gasteiger partial charge in [-0.2, -0.15) is 0 Å². The van der Waals surface area contributed by atoms with E-state index in [1.54, 1.807) is 12.3 Å². The summed E-state index contributed by atoms with van der Waals surface area (Å²) in [5.41, 5.74) is 1.81. The zero-order valence-corrected chi connectivity index (χ0v) is 11.6. The second-order valence-corrected chi connectivity index (χ2v) is 4.98. The zero-order valence-electron chi connectivity index (χ0n) is 10.0. The van der Waals surface area contributed by atoms with Crippen molar-refractivity contribution in [2.45, 2.75) is 12.5 Å². The number of likely N-dealkylation sites (N-methyl/N-ethyl adjacent to an activating group) is 1. The third-order valence-corrected chi connectivity index (χ3v) is 3.41. The number of benzene rings is 1. The van der Waals surface area contributed by atoms with Crippen LogP contribution < -0.4 is 5.32 Å². The van der Waals surface area contributed by atoms with Crippen LogP contribution in [0, 0.1) is 5.82 Å². The average Bonchev–Trinajstić information content (AvgIpc) is 2.39. The molecular weight excluding hydrogens is 295 g/mol. The Morgan fingerprint density at radius 2 is 2.00 bits per heavy atom. The number of aromatic nitrogens is 1. The lowest BCUT2D eigenvalue weighted by atomic mass is 9.99. The maximum absolute atomic E-state index is 13.7. The van der Waals surface area contributed by atoms with E-state index in [-0.39, 0.29) is 11.9 Å². The van der Waals surface area contributed by atoms with Gasteiger partial charge in [0.25, 0.3) is 0 Å². The maximum Gasteiger partial charge on any atom is 0.146 e. The third kappa shape index (κ3) is 3.15. The molecule has 1 aromatic heterocycles. The van der Waals surface area contributed by atoms with Crippen molar-refractivity contribution in [2.75, 3.05) is 7.05 Å². The molecule has 94 valence electrons. The van der Waals surface area contributed by atoms with Crippen LogP contribution in [0.2, 0.25) is 0 Å². The van der Waals surface area contributed by atoms with E-state index in [9.17, 15) is 4.39 Å². The van der Waals surface area contributed by atoms with Gasteiger partial charge in [-0.05, 0) is 37.2 Å². The van der Waals surface area contributed by atoms with Crippen molar-refractivity contribution in [1.29, 1.82) is 0 Å². The fourth-order valence-electron chi connectivity index (χ4n) is 1.89. The molecule has 1 unspecified atom stereocenters. The third-order valence-electron chi connectivity index (χ3n) is 2.88. The lowest BCUT2D eigenvalue weighted by Crippen LogP contribution is -2.20. The minimum Gasteiger partial charge on any atom is -0.313 e. The van der Waals surface area contributed by atoms with Gasteiger partial charge < -0.3 is 5.32 Å². The van der Waals surface area contributed by atoms with Crippen molar-refractivity contribution in [2.24, 2.45) is 0 Å². The van der Waals surface area contributed by atoms with E-state index in [1.165, 1.54) is 6.20 Å². The van der Waals surface area contributed by atoms with E-state index in [0.717, 1.165) is 16.5 Å². The summed E-state index contributed by atoms with van der Waals surface area (Å²) in [4.78, 5) is 3.77. The van der Waals surface area contributed by atoms with Crippen LogP contribution in [0.4, 0.5) is 4.39 Å². The van der Waals surface area contributed by atoms with E-state index in [4.69, 9.17) is 0 Å². The minimum absolute atomic E-state index is 0.0471. The number of hydrogen-bond donors (Lipinski definition) is 1. The molecule has 0 fully saturated rings. The van der Waals surface area contributed by atoms with Gasteiger partial charge in [0.2, 0.25) is 0 Å². The zero-order chi connectivity index (χ0) is 13.0. The SMILES string of the molecule is CNC(Cc1ccc(Br)cc1)c1ccncc1F. The molecule has 1 heterocycles. The second kappa shape index (κ2) is 6.07. The van der Waals surface area contributed by atoms with Gasteiger partial charge in [-0.1, -0.05) is 28.1 Å². The van der Waals surface area contributed by atoms with Crippen LogP contribution in [0.15, 0.2) is 47.2 Å². The van der Waals surface area contributed by atoms with Gasteiger partial charge in [0.15, 0.2) is 0 Å². The number of rotatable bonds is 4. The Morgan fingerprint density at radius 1 is 1.28 bits per heavy atom. The summed E-state index contributed by atoms with van der Waals surface area (Å²) < 4.78 is 14.7. The molecule has 0 aliphatic heterocycles. The maximum atomic E-state index is 13.7. The van der Waals surface area contributed by atoms with Crippen LogP contribution in [-0.4, -0.2) is 12.0 Å². The smallest absolute Gasteiger partial charge is 0.146 e. The molecule has 1 atom stereocenters. The van der Waals surface area contributed by atoms with E-state index in [0.29, 0.717) is 5.56 Å². The molecule has 0 saturated carbocycles. The quantitative estimate of drug-likeness (QED) is 0.935. The normalized spacial score (nSPS) is 12.4. The predicted octanol–water partition coefficient (Wildman–Crippen LogP) is 3.49. The topological polar surface area (TPSA) is 24.9 Å². The first-order valence-corrected chi connectivity index (χ1v) is 6.51. The summed E-state index contributed by atoms with van der Waals surface area (Å²) in [5.74, 6) is -0.269. The average molecular weight is 309 g/mol. The first-order valence-electron chi connectivity index (χ1n) is 5.72. The summed E-state index contributed by atoms with van der Waals surface area (Å²) in [6, 6.07) is 9.72. The highest BCUT2D eigenvalue weighted by molar-refractivity contribution is 9.10. The van der Waals surface area contributed by atoms with E-state index >= 15 is 0 Å². The van der Waals surface area contributed by atoms with Crippen molar-refractivity contribution < 1.29 is 4.39 Å². The molecule has 0 spiro atoms. The Bertz CT molecular complexity index is 513. The van der Waals surface area contributed by atoms with Crippen LogP contribution in [0.3, 0.4) is 0 Å². The van der Waals surface area contributed by atoms with Gasteiger partial charge in [0.1, 0.15) is 5.82 Å². The molecule has 0 amide bonds. The number of halogens is 2. The van der Waals surface area contributed by atoms with Crippen LogP contribution in [0.25, 0.3) is 0 Å². The van der Waals surface area contributed by atoms with Crippen molar-refractivity contribution >= 4 is 15.9 Å². The Labute approximate surface area is 114 Å². The molecule has 4 heteroatoms.